The van der Waals surface area contributed by atoms with Crippen LogP contribution < -0.4 is 0 Å². The molecule has 0 aliphatic heterocycles. The van der Waals surface area contributed by atoms with Crippen LogP contribution in [0, 0.1) is 5.82 Å². The van der Waals surface area contributed by atoms with Crippen molar-refractivity contribution in [1.82, 2.24) is 0 Å². The fraction of sp³-hybridized carbons (Fsp3) is 0.455. The first-order valence-electron chi connectivity index (χ1n) is 5.16. The first-order chi connectivity index (χ1) is 9.07. The SMILES string of the molecule is Fc1ccccc1C(CI)OC(C(F)(F)F)C(F)(F)F. The van der Waals surface area contributed by atoms with Gasteiger partial charge in [0.05, 0.1) is 6.10 Å². The Morgan fingerprint density at radius 2 is 1.50 bits per heavy atom. The van der Waals surface area contributed by atoms with Gasteiger partial charge in [-0.1, -0.05) is 40.8 Å². The summed E-state index contributed by atoms with van der Waals surface area (Å²) in [6, 6.07) is 4.60. The maximum absolute atomic E-state index is 13.4. The molecule has 0 aliphatic rings. The first kappa shape index (κ1) is 17.5. The summed E-state index contributed by atoms with van der Waals surface area (Å²) in [5.74, 6) is -0.919. The standard InChI is InChI=1S/C11H8F7IO/c12-7-4-2-1-3-6(7)8(5-19)20-9(10(13,14)15)11(16,17)18/h1-4,8-9H,5H2. The van der Waals surface area contributed by atoms with Crippen LogP contribution in [0.25, 0.3) is 0 Å². The third kappa shape index (κ3) is 4.47. The Kier molecular flexibility index (Phi) is 5.64. The Morgan fingerprint density at radius 1 is 1.00 bits per heavy atom. The van der Waals surface area contributed by atoms with E-state index in [0.29, 0.717) is 0 Å². The van der Waals surface area contributed by atoms with Crippen LogP contribution in [0.1, 0.15) is 11.7 Å². The molecular formula is C11H8F7IO. The van der Waals surface area contributed by atoms with E-state index in [1.54, 1.807) is 0 Å². The Hall–Kier alpha value is -0.580. The van der Waals surface area contributed by atoms with Crippen LogP contribution in [-0.2, 0) is 4.74 Å². The molecule has 0 fully saturated rings. The van der Waals surface area contributed by atoms with Crippen molar-refractivity contribution >= 4 is 22.6 Å². The third-order valence-electron chi connectivity index (χ3n) is 2.29. The van der Waals surface area contributed by atoms with Gasteiger partial charge < -0.3 is 4.74 Å². The van der Waals surface area contributed by atoms with E-state index in [2.05, 4.69) is 4.74 Å². The quantitative estimate of drug-likeness (QED) is 0.389. The Labute approximate surface area is 123 Å². The highest BCUT2D eigenvalue weighted by molar-refractivity contribution is 14.1. The molecule has 1 rings (SSSR count). The second-order valence-electron chi connectivity index (χ2n) is 3.76. The van der Waals surface area contributed by atoms with Gasteiger partial charge in [0.15, 0.2) is 0 Å². The topological polar surface area (TPSA) is 9.23 Å². The number of hydrogen-bond donors (Lipinski definition) is 0. The molecule has 0 aliphatic carbocycles. The molecule has 1 unspecified atom stereocenters. The largest absolute Gasteiger partial charge is 0.423 e. The van der Waals surface area contributed by atoms with Crippen molar-refractivity contribution in [1.29, 1.82) is 0 Å². The molecule has 0 saturated heterocycles. The number of benzene rings is 1. The van der Waals surface area contributed by atoms with Gasteiger partial charge in [0.2, 0.25) is 6.10 Å². The van der Waals surface area contributed by atoms with Crippen LogP contribution in [-0.4, -0.2) is 22.9 Å². The van der Waals surface area contributed by atoms with Crippen LogP contribution in [0.4, 0.5) is 30.7 Å². The number of ether oxygens (including phenoxy) is 1. The molecule has 0 N–H and O–H groups in total. The normalized spacial score (nSPS) is 14.7. The zero-order valence-electron chi connectivity index (χ0n) is 9.60. The van der Waals surface area contributed by atoms with Gasteiger partial charge >= 0.3 is 12.4 Å². The van der Waals surface area contributed by atoms with E-state index in [4.69, 9.17) is 0 Å². The number of hydrogen-bond acceptors (Lipinski definition) is 1. The summed E-state index contributed by atoms with van der Waals surface area (Å²) in [7, 11) is 0. The predicted molar refractivity (Wildman–Crippen MR) is 65.0 cm³/mol. The van der Waals surface area contributed by atoms with E-state index < -0.39 is 30.4 Å². The second-order valence-corrected chi connectivity index (χ2v) is 4.64. The lowest BCUT2D eigenvalue weighted by Gasteiger charge is -2.27. The third-order valence-corrected chi connectivity index (χ3v) is 3.09. The highest BCUT2D eigenvalue weighted by Gasteiger charge is 2.58. The molecule has 0 saturated carbocycles. The molecule has 1 nitrogen and oxygen atoms in total. The van der Waals surface area contributed by atoms with Gasteiger partial charge in [-0.05, 0) is 6.07 Å². The summed E-state index contributed by atoms with van der Waals surface area (Å²) in [5, 5.41) is 0. The van der Waals surface area contributed by atoms with Crippen molar-refractivity contribution < 1.29 is 35.5 Å². The average molecular weight is 416 g/mol. The Morgan fingerprint density at radius 3 is 1.90 bits per heavy atom. The van der Waals surface area contributed by atoms with Gasteiger partial charge in [0.1, 0.15) is 5.82 Å². The van der Waals surface area contributed by atoms with E-state index in [1.807, 2.05) is 0 Å². The molecule has 1 aromatic rings. The fourth-order valence-electron chi connectivity index (χ4n) is 1.43. The van der Waals surface area contributed by atoms with Gasteiger partial charge in [-0.2, -0.15) is 26.3 Å². The summed E-state index contributed by atoms with van der Waals surface area (Å²) in [5.41, 5.74) is -0.347. The van der Waals surface area contributed by atoms with Crippen molar-refractivity contribution in [3.05, 3.63) is 35.6 Å². The van der Waals surface area contributed by atoms with Crippen molar-refractivity contribution in [2.45, 2.75) is 24.6 Å². The molecule has 0 bridgehead atoms. The molecule has 1 atom stereocenters. The molecule has 9 heteroatoms. The lowest BCUT2D eigenvalue weighted by molar-refractivity contribution is -0.330. The summed E-state index contributed by atoms with van der Waals surface area (Å²) in [6.07, 6.45) is -16.8. The maximum atomic E-state index is 13.4. The highest BCUT2D eigenvalue weighted by atomic mass is 127. The zero-order chi connectivity index (χ0) is 15.6. The van der Waals surface area contributed by atoms with E-state index in [9.17, 15) is 30.7 Å². The lowest BCUT2D eigenvalue weighted by Crippen LogP contribution is -2.45. The van der Waals surface area contributed by atoms with Crippen LogP contribution in [0.2, 0.25) is 0 Å². The van der Waals surface area contributed by atoms with Crippen LogP contribution in [0.15, 0.2) is 24.3 Å². The highest BCUT2D eigenvalue weighted by Crippen LogP contribution is 2.39. The van der Waals surface area contributed by atoms with Gasteiger partial charge in [-0.15, -0.1) is 0 Å². The zero-order valence-corrected chi connectivity index (χ0v) is 11.8. The average Bonchev–Trinajstić information content (AvgIpc) is 2.28. The molecule has 0 radical (unpaired) electrons. The molecular weight excluding hydrogens is 408 g/mol. The number of alkyl halides is 7. The van der Waals surface area contributed by atoms with E-state index >= 15 is 0 Å². The van der Waals surface area contributed by atoms with Gasteiger partial charge in [-0.25, -0.2) is 4.39 Å². The lowest BCUT2D eigenvalue weighted by atomic mass is 10.1. The van der Waals surface area contributed by atoms with E-state index in [-0.39, 0.29) is 9.99 Å². The first-order valence-corrected chi connectivity index (χ1v) is 6.69. The second kappa shape index (κ2) is 6.46. The van der Waals surface area contributed by atoms with Crippen molar-refractivity contribution in [2.24, 2.45) is 0 Å². The minimum absolute atomic E-state index is 0.263. The van der Waals surface area contributed by atoms with Crippen molar-refractivity contribution in [3.8, 4) is 0 Å². The fourth-order valence-corrected chi connectivity index (χ4v) is 2.12. The van der Waals surface area contributed by atoms with E-state index in [0.717, 1.165) is 12.1 Å². The Balaban J connectivity index is 3.05. The molecule has 0 heterocycles. The summed E-state index contributed by atoms with van der Waals surface area (Å²) in [4.78, 5) is 0. The molecule has 114 valence electrons. The molecule has 0 spiro atoms. The monoisotopic (exact) mass is 416 g/mol. The van der Waals surface area contributed by atoms with Crippen molar-refractivity contribution in [3.63, 3.8) is 0 Å². The molecule has 1 aromatic carbocycles. The maximum Gasteiger partial charge on any atom is 0.423 e. The summed E-state index contributed by atoms with van der Waals surface area (Å²) >= 11 is 1.53. The summed E-state index contributed by atoms with van der Waals surface area (Å²) in [6.45, 7) is 0. The molecule has 20 heavy (non-hydrogen) atoms. The number of halogens is 8. The molecule has 0 amide bonds. The van der Waals surface area contributed by atoms with E-state index in [1.165, 1.54) is 34.7 Å². The predicted octanol–water partition coefficient (Wildman–Crippen LogP) is 4.81. The smallest absolute Gasteiger partial charge is 0.352 e. The van der Waals surface area contributed by atoms with Crippen LogP contribution in [0.5, 0.6) is 0 Å². The van der Waals surface area contributed by atoms with Gasteiger partial charge in [-0.3, -0.25) is 0 Å². The van der Waals surface area contributed by atoms with Crippen molar-refractivity contribution in [2.75, 3.05) is 4.43 Å². The van der Waals surface area contributed by atoms with Gasteiger partial charge in [0, 0.05) is 9.99 Å². The summed E-state index contributed by atoms with van der Waals surface area (Å²) < 4.78 is 91.6. The minimum Gasteiger partial charge on any atom is -0.352 e. The minimum atomic E-state index is -5.62. The van der Waals surface area contributed by atoms with Gasteiger partial charge in [0.25, 0.3) is 0 Å². The number of rotatable bonds is 4. The van der Waals surface area contributed by atoms with Crippen LogP contribution >= 0.6 is 22.6 Å². The molecule has 0 aromatic heterocycles. The van der Waals surface area contributed by atoms with Crippen LogP contribution in [0.3, 0.4) is 0 Å². The Bertz CT molecular complexity index is 429.